The van der Waals surface area contributed by atoms with E-state index in [1.54, 1.807) is 6.20 Å². The number of amides is 1. The summed E-state index contributed by atoms with van der Waals surface area (Å²) in [6.45, 7) is 0. The molecule has 5 nitrogen and oxygen atoms in total. The number of benzene rings is 1. The van der Waals surface area contributed by atoms with Crippen molar-refractivity contribution < 1.29 is 9.90 Å². The number of hydrogen-bond donors (Lipinski definition) is 3. The molecule has 1 aromatic heterocycles. The molecule has 3 N–H and O–H groups in total. The lowest BCUT2D eigenvalue weighted by Crippen LogP contribution is -2.13. The van der Waals surface area contributed by atoms with Gasteiger partial charge in [-0.1, -0.05) is 11.6 Å². The van der Waals surface area contributed by atoms with Gasteiger partial charge in [0.2, 0.25) is 5.95 Å². The summed E-state index contributed by atoms with van der Waals surface area (Å²) in [7, 11) is 0. The maximum atomic E-state index is 11.7. The van der Waals surface area contributed by atoms with Crippen molar-refractivity contribution in [3.8, 4) is 5.75 Å². The molecular weight excluding hydrogens is 230 g/mol. The highest BCUT2D eigenvalue weighted by molar-refractivity contribution is 6.31. The number of nitrogens with zero attached hydrogens (tertiary/aromatic N) is 1. The number of aromatic hydroxyl groups is 1. The monoisotopic (exact) mass is 237 g/mol. The van der Waals surface area contributed by atoms with Crippen molar-refractivity contribution in [1.29, 1.82) is 0 Å². The van der Waals surface area contributed by atoms with Gasteiger partial charge in [0.05, 0.1) is 5.56 Å². The number of aromatic amines is 1. The second-order valence-corrected chi connectivity index (χ2v) is 3.49. The molecule has 1 aromatic carbocycles. The molecule has 0 saturated carbocycles. The van der Waals surface area contributed by atoms with Crippen LogP contribution in [0.4, 0.5) is 5.95 Å². The van der Waals surface area contributed by atoms with Crippen molar-refractivity contribution in [3.05, 3.63) is 41.2 Å². The Kier molecular flexibility index (Phi) is 2.78. The molecular formula is C10H8ClN3O2. The van der Waals surface area contributed by atoms with Gasteiger partial charge in [0.25, 0.3) is 5.91 Å². The number of rotatable bonds is 2. The van der Waals surface area contributed by atoms with E-state index in [2.05, 4.69) is 15.3 Å². The van der Waals surface area contributed by atoms with Gasteiger partial charge < -0.3 is 10.1 Å². The number of imidazole rings is 1. The molecule has 0 aliphatic rings. The van der Waals surface area contributed by atoms with Gasteiger partial charge in [0, 0.05) is 17.4 Å². The van der Waals surface area contributed by atoms with Crippen LogP contribution in [-0.4, -0.2) is 21.0 Å². The van der Waals surface area contributed by atoms with Gasteiger partial charge in [-0.25, -0.2) is 4.98 Å². The Morgan fingerprint density at radius 3 is 3.00 bits per heavy atom. The Hall–Kier alpha value is -2.01. The zero-order chi connectivity index (χ0) is 11.5. The molecule has 0 spiro atoms. The van der Waals surface area contributed by atoms with E-state index in [4.69, 9.17) is 11.6 Å². The van der Waals surface area contributed by atoms with E-state index in [1.807, 2.05) is 0 Å². The summed E-state index contributed by atoms with van der Waals surface area (Å²) >= 11 is 5.73. The van der Waals surface area contributed by atoms with Gasteiger partial charge in [-0.2, -0.15) is 0 Å². The SMILES string of the molecule is O=C(Nc1ncc[nH]1)c1cc(Cl)ccc1O. The Morgan fingerprint density at radius 1 is 1.50 bits per heavy atom. The van der Waals surface area contributed by atoms with E-state index in [0.717, 1.165) is 0 Å². The van der Waals surface area contributed by atoms with Crippen LogP contribution in [0.15, 0.2) is 30.6 Å². The fraction of sp³-hybridized carbons (Fsp3) is 0. The van der Waals surface area contributed by atoms with Gasteiger partial charge in [-0.3, -0.25) is 10.1 Å². The quantitative estimate of drug-likeness (QED) is 0.748. The lowest BCUT2D eigenvalue weighted by atomic mass is 10.2. The smallest absolute Gasteiger partial charge is 0.261 e. The molecule has 2 rings (SSSR count). The maximum Gasteiger partial charge on any atom is 0.261 e. The molecule has 0 fully saturated rings. The first kappa shape index (κ1) is 10.5. The van der Waals surface area contributed by atoms with E-state index in [0.29, 0.717) is 11.0 Å². The summed E-state index contributed by atoms with van der Waals surface area (Å²) < 4.78 is 0. The molecule has 0 atom stereocenters. The highest BCUT2D eigenvalue weighted by atomic mass is 35.5. The number of nitrogens with one attached hydrogen (secondary N) is 2. The van der Waals surface area contributed by atoms with Crippen LogP contribution in [0.3, 0.4) is 0 Å². The molecule has 0 saturated heterocycles. The minimum Gasteiger partial charge on any atom is -0.507 e. The normalized spacial score (nSPS) is 10.1. The molecule has 1 amide bonds. The lowest BCUT2D eigenvalue weighted by Gasteiger charge is -2.04. The Bertz CT molecular complexity index is 511. The van der Waals surface area contributed by atoms with E-state index in [1.165, 1.54) is 24.4 Å². The summed E-state index contributed by atoms with van der Waals surface area (Å²) in [5.41, 5.74) is 0.101. The van der Waals surface area contributed by atoms with Crippen molar-refractivity contribution in [2.24, 2.45) is 0 Å². The zero-order valence-electron chi connectivity index (χ0n) is 8.07. The average molecular weight is 238 g/mol. The topological polar surface area (TPSA) is 78.0 Å². The van der Waals surface area contributed by atoms with Crippen LogP contribution in [0.25, 0.3) is 0 Å². The molecule has 1 heterocycles. The number of carbonyl (C=O) groups is 1. The number of H-pyrrole nitrogens is 1. The van der Waals surface area contributed by atoms with Crippen LogP contribution in [-0.2, 0) is 0 Å². The third kappa shape index (κ3) is 2.14. The highest BCUT2D eigenvalue weighted by Crippen LogP contribution is 2.21. The first-order valence-electron chi connectivity index (χ1n) is 4.46. The van der Waals surface area contributed by atoms with Crippen molar-refractivity contribution in [2.75, 3.05) is 5.32 Å². The summed E-state index contributed by atoms with van der Waals surface area (Å²) in [5, 5.41) is 12.3. The number of hydrogen-bond acceptors (Lipinski definition) is 3. The van der Waals surface area contributed by atoms with E-state index < -0.39 is 5.91 Å². The number of aromatic nitrogens is 2. The molecule has 6 heteroatoms. The first-order valence-corrected chi connectivity index (χ1v) is 4.84. The third-order valence-corrected chi connectivity index (χ3v) is 2.17. The van der Waals surface area contributed by atoms with Crippen molar-refractivity contribution in [2.45, 2.75) is 0 Å². The Labute approximate surface area is 96.1 Å². The Morgan fingerprint density at radius 2 is 2.31 bits per heavy atom. The number of carbonyl (C=O) groups excluding carboxylic acids is 1. The number of anilines is 1. The summed E-state index contributed by atoms with van der Waals surface area (Å²) in [6.07, 6.45) is 3.08. The van der Waals surface area contributed by atoms with Crippen molar-refractivity contribution in [3.63, 3.8) is 0 Å². The minimum absolute atomic E-state index is 0.101. The highest BCUT2D eigenvalue weighted by Gasteiger charge is 2.12. The predicted octanol–water partition coefficient (Wildman–Crippen LogP) is 2.02. The number of halogens is 1. The summed E-state index contributed by atoms with van der Waals surface area (Å²) in [4.78, 5) is 18.2. The van der Waals surface area contributed by atoms with Crippen LogP contribution in [0, 0.1) is 0 Å². The van der Waals surface area contributed by atoms with Gasteiger partial charge >= 0.3 is 0 Å². The summed E-state index contributed by atoms with van der Waals surface area (Å²) in [6, 6.07) is 4.25. The predicted molar refractivity (Wildman–Crippen MR) is 59.7 cm³/mol. The molecule has 0 aliphatic heterocycles. The van der Waals surface area contributed by atoms with Crippen LogP contribution in [0.5, 0.6) is 5.75 Å². The fourth-order valence-electron chi connectivity index (χ4n) is 1.20. The summed E-state index contributed by atoms with van der Waals surface area (Å²) in [5.74, 6) is -0.298. The van der Waals surface area contributed by atoms with Crippen molar-refractivity contribution >= 4 is 23.5 Å². The second kappa shape index (κ2) is 4.24. The molecule has 2 aromatic rings. The zero-order valence-corrected chi connectivity index (χ0v) is 8.82. The number of phenols is 1. The van der Waals surface area contributed by atoms with Gasteiger partial charge in [-0.05, 0) is 18.2 Å². The first-order chi connectivity index (χ1) is 7.66. The minimum atomic E-state index is -0.477. The molecule has 16 heavy (non-hydrogen) atoms. The molecule has 0 aliphatic carbocycles. The average Bonchev–Trinajstić information content (AvgIpc) is 2.74. The van der Waals surface area contributed by atoms with E-state index >= 15 is 0 Å². The Balaban J connectivity index is 2.24. The lowest BCUT2D eigenvalue weighted by molar-refractivity contribution is 0.102. The number of phenolic OH excluding ortho intramolecular Hbond substituents is 1. The van der Waals surface area contributed by atoms with Crippen LogP contribution >= 0.6 is 11.6 Å². The maximum absolute atomic E-state index is 11.7. The van der Waals surface area contributed by atoms with E-state index in [9.17, 15) is 9.90 Å². The van der Waals surface area contributed by atoms with Crippen LogP contribution in [0.2, 0.25) is 5.02 Å². The fourth-order valence-corrected chi connectivity index (χ4v) is 1.37. The standard InChI is InChI=1S/C10H8ClN3O2/c11-6-1-2-8(15)7(5-6)9(16)14-10-12-3-4-13-10/h1-5,15H,(H2,12,13,14,16). The van der Waals surface area contributed by atoms with Gasteiger partial charge in [0.15, 0.2) is 0 Å². The molecule has 82 valence electrons. The third-order valence-electron chi connectivity index (χ3n) is 1.93. The largest absolute Gasteiger partial charge is 0.507 e. The van der Waals surface area contributed by atoms with Gasteiger partial charge in [0.1, 0.15) is 5.75 Å². The van der Waals surface area contributed by atoms with Crippen LogP contribution in [0.1, 0.15) is 10.4 Å². The molecule has 0 unspecified atom stereocenters. The van der Waals surface area contributed by atoms with Crippen LogP contribution < -0.4 is 5.32 Å². The molecule has 0 radical (unpaired) electrons. The second-order valence-electron chi connectivity index (χ2n) is 3.05. The van der Waals surface area contributed by atoms with Gasteiger partial charge in [-0.15, -0.1) is 0 Å². The molecule has 0 bridgehead atoms. The van der Waals surface area contributed by atoms with E-state index in [-0.39, 0.29) is 11.3 Å². The van der Waals surface area contributed by atoms with Crippen molar-refractivity contribution in [1.82, 2.24) is 9.97 Å².